The molecule has 1 aromatic heterocycles. The van der Waals surface area contributed by atoms with Gasteiger partial charge in [-0.2, -0.15) is 0 Å². The maximum absolute atomic E-state index is 13.0. The third-order valence-electron chi connectivity index (χ3n) is 5.28. The number of fused-ring (bicyclic) bond motifs is 4. The molecule has 3 aliphatic heterocycles. The van der Waals surface area contributed by atoms with E-state index in [1.54, 1.807) is 15.8 Å². The fraction of sp³-hybridized carbons (Fsp3) is 0.474. The highest BCUT2D eigenvalue weighted by molar-refractivity contribution is 5.93. The van der Waals surface area contributed by atoms with Crippen LogP contribution in [0.5, 0.6) is 0 Å². The minimum atomic E-state index is -0.143. The van der Waals surface area contributed by atoms with Gasteiger partial charge in [0.1, 0.15) is 0 Å². The fourth-order valence-electron chi connectivity index (χ4n) is 3.97. The number of carbonyl (C=O) groups excluding carboxylic acids is 2. The number of hydrogen-bond donors (Lipinski definition) is 0. The Morgan fingerprint density at radius 2 is 2.00 bits per heavy atom. The summed E-state index contributed by atoms with van der Waals surface area (Å²) in [5.41, 5.74) is 1.18. The molecular formula is C19H23N5O2. The number of rotatable bonds is 4. The van der Waals surface area contributed by atoms with Crippen molar-refractivity contribution in [3.05, 3.63) is 42.2 Å². The molecule has 3 aliphatic rings. The molecule has 26 heavy (non-hydrogen) atoms. The Morgan fingerprint density at radius 3 is 2.77 bits per heavy atom. The number of aromatic nitrogens is 3. The van der Waals surface area contributed by atoms with Gasteiger partial charge in [0.2, 0.25) is 5.91 Å². The van der Waals surface area contributed by atoms with E-state index in [2.05, 4.69) is 17.2 Å². The Labute approximate surface area is 152 Å². The molecule has 136 valence electrons. The fourth-order valence-corrected chi connectivity index (χ4v) is 3.97. The van der Waals surface area contributed by atoms with E-state index >= 15 is 0 Å². The predicted molar refractivity (Wildman–Crippen MR) is 95.8 cm³/mol. The third kappa shape index (κ3) is 2.98. The molecule has 0 saturated carbocycles. The van der Waals surface area contributed by atoms with Crippen molar-refractivity contribution >= 4 is 11.8 Å². The SMILES string of the molecule is CCCN1C(=O)C2CCC1CN(C(=O)c1cn(-c3ccccc3)nn1)C2. The number of benzene rings is 1. The Bertz CT molecular complexity index is 803. The molecule has 7 heteroatoms. The molecule has 1 aromatic carbocycles. The van der Waals surface area contributed by atoms with Crippen molar-refractivity contribution in [3.63, 3.8) is 0 Å². The maximum atomic E-state index is 13.0. The molecule has 2 unspecified atom stereocenters. The molecule has 0 aliphatic carbocycles. The molecule has 7 nitrogen and oxygen atoms in total. The largest absolute Gasteiger partial charge is 0.338 e. The molecule has 0 spiro atoms. The van der Waals surface area contributed by atoms with Crippen LogP contribution in [0.25, 0.3) is 5.69 Å². The van der Waals surface area contributed by atoms with Crippen LogP contribution in [0.2, 0.25) is 0 Å². The standard InChI is InChI=1S/C19H23N5O2/c1-2-10-23-16-9-8-14(18(23)25)11-22(12-16)19(26)17-13-24(21-20-17)15-6-4-3-5-7-15/h3-7,13-14,16H,2,8-12H2,1H3. The summed E-state index contributed by atoms with van der Waals surface area (Å²) < 4.78 is 1.61. The van der Waals surface area contributed by atoms with E-state index in [-0.39, 0.29) is 23.8 Å². The molecule has 0 radical (unpaired) electrons. The van der Waals surface area contributed by atoms with Crippen LogP contribution in [0.3, 0.4) is 0 Å². The van der Waals surface area contributed by atoms with Gasteiger partial charge in [-0.1, -0.05) is 30.3 Å². The summed E-state index contributed by atoms with van der Waals surface area (Å²) in [5, 5.41) is 8.15. The van der Waals surface area contributed by atoms with Crippen LogP contribution in [-0.2, 0) is 4.79 Å². The summed E-state index contributed by atoms with van der Waals surface area (Å²) >= 11 is 0. The first kappa shape index (κ1) is 16.8. The van der Waals surface area contributed by atoms with Crippen molar-refractivity contribution in [3.8, 4) is 5.69 Å². The van der Waals surface area contributed by atoms with Crippen molar-refractivity contribution in [2.75, 3.05) is 19.6 Å². The molecule has 5 rings (SSSR count). The van der Waals surface area contributed by atoms with Crippen molar-refractivity contribution in [2.24, 2.45) is 5.92 Å². The first-order valence-electron chi connectivity index (χ1n) is 9.25. The summed E-state index contributed by atoms with van der Waals surface area (Å²) in [5.74, 6) is -0.0324. The molecule has 2 amide bonds. The third-order valence-corrected chi connectivity index (χ3v) is 5.28. The van der Waals surface area contributed by atoms with E-state index in [4.69, 9.17) is 0 Å². The summed E-state index contributed by atoms with van der Waals surface area (Å²) in [7, 11) is 0. The zero-order valence-corrected chi connectivity index (χ0v) is 14.9. The van der Waals surface area contributed by atoms with Crippen molar-refractivity contribution in [2.45, 2.75) is 32.2 Å². The average molecular weight is 353 g/mol. The molecule has 0 N–H and O–H groups in total. The first-order chi connectivity index (χ1) is 12.7. The molecule has 3 saturated heterocycles. The van der Waals surface area contributed by atoms with E-state index in [0.717, 1.165) is 31.5 Å². The van der Waals surface area contributed by atoms with Crippen LogP contribution >= 0.6 is 0 Å². The second-order valence-corrected chi connectivity index (χ2v) is 7.05. The van der Waals surface area contributed by atoms with Gasteiger partial charge >= 0.3 is 0 Å². The summed E-state index contributed by atoms with van der Waals surface area (Å²) in [4.78, 5) is 29.4. The number of nitrogens with zero attached hydrogens (tertiary/aromatic N) is 5. The van der Waals surface area contributed by atoms with Crippen molar-refractivity contribution in [1.82, 2.24) is 24.8 Å². The minimum Gasteiger partial charge on any atom is -0.338 e. The van der Waals surface area contributed by atoms with Crippen molar-refractivity contribution in [1.29, 1.82) is 0 Å². The average Bonchev–Trinajstić information content (AvgIpc) is 3.01. The topological polar surface area (TPSA) is 71.3 Å². The molecule has 2 atom stereocenters. The number of para-hydroxylation sites is 1. The number of piperidine rings is 1. The van der Waals surface area contributed by atoms with E-state index in [0.29, 0.717) is 18.8 Å². The minimum absolute atomic E-state index is 0.0894. The number of amides is 2. The number of carbonyl (C=O) groups is 2. The lowest BCUT2D eigenvalue weighted by atomic mass is 9.94. The van der Waals surface area contributed by atoms with Gasteiger partial charge in [-0.05, 0) is 31.4 Å². The van der Waals surface area contributed by atoms with Crippen LogP contribution < -0.4 is 0 Å². The van der Waals surface area contributed by atoms with Crippen LogP contribution in [0.15, 0.2) is 36.5 Å². The lowest BCUT2D eigenvalue weighted by molar-refractivity contribution is -0.139. The second-order valence-electron chi connectivity index (χ2n) is 7.05. The van der Waals surface area contributed by atoms with Crippen LogP contribution in [0.1, 0.15) is 36.7 Å². The Balaban J connectivity index is 1.54. The molecule has 2 aromatic rings. The van der Waals surface area contributed by atoms with Gasteiger partial charge in [-0.3, -0.25) is 9.59 Å². The van der Waals surface area contributed by atoms with E-state index in [1.807, 2.05) is 35.2 Å². The summed E-state index contributed by atoms with van der Waals surface area (Å²) in [6.07, 6.45) is 4.44. The lowest BCUT2D eigenvalue weighted by Gasteiger charge is -2.35. The Hall–Kier alpha value is -2.70. The highest BCUT2D eigenvalue weighted by Crippen LogP contribution is 2.29. The smallest absolute Gasteiger partial charge is 0.276 e. The zero-order chi connectivity index (χ0) is 18.1. The molecule has 3 fully saturated rings. The monoisotopic (exact) mass is 353 g/mol. The number of hydrogen-bond acceptors (Lipinski definition) is 4. The summed E-state index contributed by atoms with van der Waals surface area (Å²) in [6.45, 7) is 3.91. The first-order valence-corrected chi connectivity index (χ1v) is 9.25. The predicted octanol–water partition coefficient (Wildman–Crippen LogP) is 1.74. The van der Waals surface area contributed by atoms with E-state index in [1.165, 1.54) is 0 Å². The summed E-state index contributed by atoms with van der Waals surface area (Å²) in [6, 6.07) is 9.71. The Morgan fingerprint density at radius 1 is 1.19 bits per heavy atom. The van der Waals surface area contributed by atoms with Gasteiger partial charge in [0.05, 0.1) is 17.8 Å². The van der Waals surface area contributed by atoms with Crippen molar-refractivity contribution < 1.29 is 9.59 Å². The van der Waals surface area contributed by atoms with E-state index < -0.39 is 0 Å². The van der Waals surface area contributed by atoms with Gasteiger partial charge in [0, 0.05) is 25.7 Å². The van der Waals surface area contributed by atoms with E-state index in [9.17, 15) is 9.59 Å². The second kappa shape index (κ2) is 6.90. The van der Waals surface area contributed by atoms with Crippen LogP contribution in [-0.4, -0.2) is 62.3 Å². The van der Waals surface area contributed by atoms with Gasteiger partial charge in [-0.15, -0.1) is 5.10 Å². The quantitative estimate of drug-likeness (QED) is 0.839. The Kier molecular flexibility index (Phi) is 4.44. The normalized spacial score (nSPS) is 22.6. The molecule has 2 bridgehead atoms. The lowest BCUT2D eigenvalue weighted by Crippen LogP contribution is -2.48. The highest BCUT2D eigenvalue weighted by Gasteiger charge is 2.41. The van der Waals surface area contributed by atoms with Crippen LogP contribution in [0.4, 0.5) is 0 Å². The highest BCUT2D eigenvalue weighted by atomic mass is 16.2. The van der Waals surface area contributed by atoms with Gasteiger partial charge in [0.15, 0.2) is 5.69 Å². The zero-order valence-electron chi connectivity index (χ0n) is 14.9. The van der Waals surface area contributed by atoms with Crippen LogP contribution in [0, 0.1) is 5.92 Å². The molecular weight excluding hydrogens is 330 g/mol. The van der Waals surface area contributed by atoms with Gasteiger partial charge < -0.3 is 9.80 Å². The van der Waals surface area contributed by atoms with Gasteiger partial charge in [-0.25, -0.2) is 4.68 Å². The molecule has 4 heterocycles. The maximum Gasteiger partial charge on any atom is 0.276 e. The van der Waals surface area contributed by atoms with Gasteiger partial charge in [0.25, 0.3) is 5.91 Å².